The fourth-order valence-electron chi connectivity index (χ4n) is 1.91. The maximum absolute atomic E-state index is 11.7. The highest BCUT2D eigenvalue weighted by Crippen LogP contribution is 2.28. The predicted octanol–water partition coefficient (Wildman–Crippen LogP) is 0.574. The number of aromatic nitrogens is 2. The summed E-state index contributed by atoms with van der Waals surface area (Å²) in [4.78, 5) is 23.7. The largest absolute Gasteiger partial charge is 0.480 e. The van der Waals surface area contributed by atoms with E-state index in [1.54, 1.807) is 10.7 Å². The molecule has 0 saturated carbocycles. The van der Waals surface area contributed by atoms with E-state index < -0.39 is 5.97 Å². The molecule has 1 atom stereocenters. The average molecular weight is 223 g/mol. The Balaban J connectivity index is 2.42. The Kier molecular flexibility index (Phi) is 2.41. The third kappa shape index (κ3) is 1.66. The number of carboxylic acid groups (broad SMARTS) is 1. The number of rotatable bonds is 2. The van der Waals surface area contributed by atoms with Crippen molar-refractivity contribution in [2.24, 2.45) is 0 Å². The Bertz CT molecular complexity index is 452. The minimum absolute atomic E-state index is 0.0127. The van der Waals surface area contributed by atoms with Gasteiger partial charge in [-0.1, -0.05) is 0 Å². The summed E-state index contributed by atoms with van der Waals surface area (Å²) in [6.07, 6.45) is 0.293. The van der Waals surface area contributed by atoms with Crippen LogP contribution in [0.4, 0.5) is 5.82 Å². The summed E-state index contributed by atoms with van der Waals surface area (Å²) in [7, 11) is 0. The molecule has 1 aromatic rings. The predicted molar refractivity (Wildman–Crippen MR) is 56.3 cm³/mol. The molecule has 0 aliphatic carbocycles. The van der Waals surface area contributed by atoms with Gasteiger partial charge in [0.1, 0.15) is 12.4 Å². The van der Waals surface area contributed by atoms with E-state index in [0.29, 0.717) is 12.2 Å². The van der Waals surface area contributed by atoms with Crippen LogP contribution in [0.2, 0.25) is 0 Å². The van der Waals surface area contributed by atoms with E-state index in [0.717, 1.165) is 5.69 Å². The lowest BCUT2D eigenvalue weighted by molar-refractivity contribution is -0.137. The molecule has 2 rings (SSSR count). The van der Waals surface area contributed by atoms with Crippen LogP contribution < -0.4 is 4.90 Å². The molecule has 2 heterocycles. The second kappa shape index (κ2) is 3.62. The van der Waals surface area contributed by atoms with Gasteiger partial charge in [0.15, 0.2) is 0 Å². The maximum atomic E-state index is 11.7. The van der Waals surface area contributed by atoms with Crippen molar-refractivity contribution in [2.45, 2.75) is 26.3 Å². The fraction of sp³-hybridized carbons (Fsp3) is 0.500. The average Bonchev–Trinajstić information content (AvgIpc) is 2.54. The number of amides is 1. The molecule has 0 spiro atoms. The van der Waals surface area contributed by atoms with Crippen LogP contribution in [0.5, 0.6) is 0 Å². The van der Waals surface area contributed by atoms with Crippen molar-refractivity contribution in [3.8, 4) is 0 Å². The number of hydrogen-bond acceptors (Lipinski definition) is 3. The Morgan fingerprint density at radius 1 is 1.69 bits per heavy atom. The molecule has 6 heteroatoms. The molecular weight excluding hydrogens is 210 g/mol. The van der Waals surface area contributed by atoms with Crippen LogP contribution in [0.25, 0.3) is 0 Å². The van der Waals surface area contributed by atoms with Crippen molar-refractivity contribution >= 4 is 17.7 Å². The quantitative estimate of drug-likeness (QED) is 0.795. The number of carbonyl (C=O) groups excluding carboxylic acids is 1. The smallest absolute Gasteiger partial charge is 0.323 e. The van der Waals surface area contributed by atoms with Gasteiger partial charge in [-0.05, 0) is 13.8 Å². The van der Waals surface area contributed by atoms with E-state index in [4.69, 9.17) is 5.11 Å². The highest BCUT2D eigenvalue weighted by molar-refractivity contribution is 5.98. The minimum atomic E-state index is -1.02. The molecule has 0 saturated heterocycles. The molecule has 0 unspecified atom stereocenters. The molecular formula is C10H13N3O3. The van der Waals surface area contributed by atoms with Crippen LogP contribution in [0.1, 0.15) is 25.1 Å². The summed E-state index contributed by atoms with van der Waals surface area (Å²) < 4.78 is 1.71. The second-order valence-electron chi connectivity index (χ2n) is 4.02. The van der Waals surface area contributed by atoms with Crippen LogP contribution in [0.15, 0.2) is 6.07 Å². The zero-order valence-electron chi connectivity index (χ0n) is 9.17. The number of nitrogens with zero attached hydrogens (tertiary/aromatic N) is 3. The van der Waals surface area contributed by atoms with Gasteiger partial charge in [0.05, 0.1) is 11.7 Å². The van der Waals surface area contributed by atoms with Gasteiger partial charge >= 0.3 is 5.97 Å². The zero-order valence-corrected chi connectivity index (χ0v) is 9.17. The first-order valence-electron chi connectivity index (χ1n) is 5.07. The molecule has 1 aliphatic heterocycles. The van der Waals surface area contributed by atoms with E-state index in [1.165, 1.54) is 4.90 Å². The minimum Gasteiger partial charge on any atom is -0.480 e. The summed E-state index contributed by atoms with van der Waals surface area (Å²) in [5.74, 6) is -0.612. The molecule has 0 fully saturated rings. The highest BCUT2D eigenvalue weighted by Gasteiger charge is 2.31. The van der Waals surface area contributed by atoms with Crippen LogP contribution in [0.3, 0.4) is 0 Å². The van der Waals surface area contributed by atoms with Crippen LogP contribution in [-0.2, 0) is 9.59 Å². The molecule has 1 aliphatic rings. The number of hydrogen-bond donors (Lipinski definition) is 1. The van der Waals surface area contributed by atoms with Crippen LogP contribution >= 0.6 is 0 Å². The Morgan fingerprint density at radius 3 is 3.00 bits per heavy atom. The topological polar surface area (TPSA) is 75.4 Å². The Labute approximate surface area is 92.5 Å². The van der Waals surface area contributed by atoms with E-state index in [1.807, 2.05) is 13.8 Å². The molecule has 0 aromatic carbocycles. The summed E-state index contributed by atoms with van der Waals surface area (Å²) in [5, 5.41) is 13.0. The summed E-state index contributed by atoms with van der Waals surface area (Å²) in [5.41, 5.74) is 0.784. The number of carbonyl (C=O) groups is 2. The molecule has 1 aromatic heterocycles. The first kappa shape index (κ1) is 10.7. The fourth-order valence-corrected chi connectivity index (χ4v) is 1.91. The van der Waals surface area contributed by atoms with Crippen molar-refractivity contribution in [1.29, 1.82) is 0 Å². The van der Waals surface area contributed by atoms with Crippen molar-refractivity contribution in [2.75, 3.05) is 11.4 Å². The monoisotopic (exact) mass is 223 g/mol. The molecule has 0 bridgehead atoms. The van der Waals surface area contributed by atoms with Crippen LogP contribution in [0, 0.1) is 6.92 Å². The SMILES string of the molecule is Cc1cc2n(n1)[C@H](C)CC(=O)N2CC(=O)O. The lowest BCUT2D eigenvalue weighted by Gasteiger charge is -2.29. The highest BCUT2D eigenvalue weighted by atomic mass is 16.4. The molecule has 0 radical (unpaired) electrons. The van der Waals surface area contributed by atoms with Crippen LogP contribution in [-0.4, -0.2) is 33.3 Å². The third-order valence-corrected chi connectivity index (χ3v) is 2.60. The van der Waals surface area contributed by atoms with Gasteiger partial charge in [-0.15, -0.1) is 0 Å². The first-order valence-corrected chi connectivity index (χ1v) is 5.07. The number of aryl methyl sites for hydroxylation is 1. The van der Waals surface area contributed by atoms with Gasteiger partial charge in [0, 0.05) is 12.5 Å². The van der Waals surface area contributed by atoms with Gasteiger partial charge in [-0.2, -0.15) is 5.10 Å². The molecule has 16 heavy (non-hydrogen) atoms. The zero-order chi connectivity index (χ0) is 11.9. The molecule has 1 N–H and O–H groups in total. The summed E-state index contributed by atoms with van der Waals surface area (Å²) in [6, 6.07) is 1.72. The molecule has 6 nitrogen and oxygen atoms in total. The number of carboxylic acids is 1. The normalized spacial score (nSPS) is 19.8. The number of fused-ring (bicyclic) bond motifs is 1. The van der Waals surface area contributed by atoms with E-state index >= 15 is 0 Å². The molecule has 1 amide bonds. The van der Waals surface area contributed by atoms with Crippen molar-refractivity contribution in [1.82, 2.24) is 9.78 Å². The van der Waals surface area contributed by atoms with Crippen molar-refractivity contribution < 1.29 is 14.7 Å². The van der Waals surface area contributed by atoms with E-state index in [9.17, 15) is 9.59 Å². The van der Waals surface area contributed by atoms with Gasteiger partial charge in [-0.3, -0.25) is 14.5 Å². The van der Waals surface area contributed by atoms with Gasteiger partial charge in [0.25, 0.3) is 0 Å². The van der Waals surface area contributed by atoms with E-state index in [2.05, 4.69) is 5.10 Å². The van der Waals surface area contributed by atoms with Gasteiger partial charge < -0.3 is 5.11 Å². The number of aliphatic carboxylic acids is 1. The second-order valence-corrected chi connectivity index (χ2v) is 4.02. The summed E-state index contributed by atoms with van der Waals surface area (Å²) >= 11 is 0. The first-order chi connectivity index (χ1) is 7.49. The third-order valence-electron chi connectivity index (χ3n) is 2.60. The lowest BCUT2D eigenvalue weighted by atomic mass is 10.1. The van der Waals surface area contributed by atoms with Gasteiger partial charge in [0.2, 0.25) is 5.91 Å². The molecule has 86 valence electrons. The summed E-state index contributed by atoms with van der Waals surface area (Å²) in [6.45, 7) is 3.41. The van der Waals surface area contributed by atoms with E-state index in [-0.39, 0.29) is 18.5 Å². The Morgan fingerprint density at radius 2 is 2.38 bits per heavy atom. The van der Waals surface area contributed by atoms with Gasteiger partial charge in [-0.25, -0.2) is 4.68 Å². The Hall–Kier alpha value is -1.85. The lowest BCUT2D eigenvalue weighted by Crippen LogP contribution is -2.42. The number of anilines is 1. The van der Waals surface area contributed by atoms with Crippen molar-refractivity contribution in [3.05, 3.63) is 11.8 Å². The standard InChI is InChI=1S/C10H13N3O3/c1-6-3-8-12(5-10(15)16)9(14)4-7(2)13(8)11-6/h3,7H,4-5H2,1-2H3,(H,15,16)/t7-/m1/s1. The van der Waals surface area contributed by atoms with Crippen molar-refractivity contribution in [3.63, 3.8) is 0 Å². The maximum Gasteiger partial charge on any atom is 0.323 e.